The molecule has 4 rings (SSSR count). The molecule has 0 N–H and O–H groups in total. The molecule has 4 heteroatoms. The van der Waals surface area contributed by atoms with Crippen LogP contribution in [0.2, 0.25) is 13.1 Å². The molecule has 0 aromatic heterocycles. The van der Waals surface area contributed by atoms with E-state index >= 15 is 0 Å². The predicted octanol–water partition coefficient (Wildman–Crippen LogP) is 9.95. The van der Waals surface area contributed by atoms with Gasteiger partial charge < -0.3 is 0 Å². The molecule has 4 aromatic rings. The monoisotopic (exact) mass is 543 g/mol. The fourth-order valence-corrected chi connectivity index (χ4v) is 3.49. The van der Waals surface area contributed by atoms with Crippen molar-refractivity contribution in [3.05, 3.63) is 108 Å². The average molecular weight is 544 g/mol. The Bertz CT molecular complexity index is 895. The van der Waals surface area contributed by atoms with Crippen LogP contribution in [0.15, 0.2) is 97.1 Å². The van der Waals surface area contributed by atoms with Crippen LogP contribution in [0, 0.1) is 0 Å². The maximum absolute atomic E-state index is 4.89. The van der Waals surface area contributed by atoms with Crippen molar-refractivity contribution in [3.8, 4) is 22.3 Å². The first kappa shape index (κ1) is 30.7. The molecule has 0 saturated carbocycles. The Hall–Kier alpha value is -1.35. The van der Waals surface area contributed by atoms with E-state index in [-0.39, 0.29) is 0 Å². The van der Waals surface area contributed by atoms with Crippen LogP contribution in [-0.4, -0.2) is 9.52 Å². The van der Waals surface area contributed by atoms with Gasteiger partial charge in [-0.25, -0.2) is 0 Å². The van der Waals surface area contributed by atoms with Gasteiger partial charge in [-0.05, 0) is 0 Å². The summed E-state index contributed by atoms with van der Waals surface area (Å²) in [6, 6.07) is 34.5. The summed E-state index contributed by atoms with van der Waals surface area (Å²) in [5, 5.41) is 0. The van der Waals surface area contributed by atoms with Gasteiger partial charge in [-0.3, -0.25) is 0 Å². The predicted molar refractivity (Wildman–Crippen MR) is 154 cm³/mol. The molecule has 181 valence electrons. The maximum atomic E-state index is 4.89. The zero-order chi connectivity index (χ0) is 25.0. The summed E-state index contributed by atoms with van der Waals surface area (Å²) in [6.45, 7) is 8.85. The second kappa shape index (κ2) is 19.9. The topological polar surface area (TPSA) is 0 Å². The summed E-state index contributed by atoms with van der Waals surface area (Å²) in [5.74, 6) is 0. The van der Waals surface area contributed by atoms with Gasteiger partial charge in [0.1, 0.15) is 0 Å². The van der Waals surface area contributed by atoms with Gasteiger partial charge >= 0.3 is 35.6 Å². The van der Waals surface area contributed by atoms with Crippen LogP contribution in [0.25, 0.3) is 22.3 Å². The van der Waals surface area contributed by atoms with Crippen molar-refractivity contribution in [3.63, 3.8) is 0 Å². The Morgan fingerprint density at radius 1 is 0.676 bits per heavy atom. The molecule has 0 atom stereocenters. The molecule has 1 radical (unpaired) electrons. The van der Waals surface area contributed by atoms with Gasteiger partial charge in [0.05, 0.1) is 0 Å². The van der Waals surface area contributed by atoms with E-state index in [1.807, 2.05) is 0 Å². The Morgan fingerprint density at radius 3 is 1.29 bits per heavy atom. The van der Waals surface area contributed by atoms with E-state index in [1.54, 1.807) is 0 Å². The molecule has 0 aliphatic heterocycles. The van der Waals surface area contributed by atoms with Crippen LogP contribution in [0.4, 0.5) is 0 Å². The van der Waals surface area contributed by atoms with Gasteiger partial charge in [0.15, 0.2) is 0 Å². The van der Waals surface area contributed by atoms with Crippen molar-refractivity contribution in [2.75, 3.05) is 0 Å². The Balaban J connectivity index is 0.000000277. The number of rotatable bonds is 6. The summed E-state index contributed by atoms with van der Waals surface area (Å²) in [4.78, 5) is 0. The van der Waals surface area contributed by atoms with Crippen molar-refractivity contribution in [1.29, 1.82) is 0 Å². The van der Waals surface area contributed by atoms with Crippen LogP contribution in [-0.2, 0) is 29.9 Å². The first-order valence-corrected chi connectivity index (χ1v) is 18.6. The molecule has 0 nitrogen and oxygen atoms in total. The van der Waals surface area contributed by atoms with Gasteiger partial charge in [-0.15, -0.1) is 34.4 Å². The standard InChI is InChI=1S/2C14H15.C2H7Si.2ClH.Ti/c2*1-2-6-12-9-10-14(11-12)13-7-4-3-5-8-13;1-3-2;;;/h2*3-5,7-11H,2,6H2,1H3;3H,1-2H3;2*1H;/q2*-1;;;;+2/p-2. The van der Waals surface area contributed by atoms with Crippen LogP contribution >= 0.6 is 18.6 Å². The van der Waals surface area contributed by atoms with E-state index in [2.05, 4.69) is 124 Å². The normalized spacial score (nSPS) is 9.47. The Morgan fingerprint density at radius 2 is 1.00 bits per heavy atom. The van der Waals surface area contributed by atoms with E-state index in [0.717, 1.165) is 9.52 Å². The minimum absolute atomic E-state index is 0.556. The summed E-state index contributed by atoms with van der Waals surface area (Å²) >= 11 is -0.556. The molecule has 0 aliphatic carbocycles. The fourth-order valence-electron chi connectivity index (χ4n) is 3.49. The first-order valence-electron chi connectivity index (χ1n) is 12.0. The second-order valence-electron chi connectivity index (χ2n) is 7.90. The third-order valence-corrected chi connectivity index (χ3v) is 4.93. The number of halogens is 2. The van der Waals surface area contributed by atoms with E-state index in [9.17, 15) is 0 Å². The fraction of sp³-hybridized carbons (Fsp3) is 0.267. The molecule has 0 spiro atoms. The molecule has 0 bridgehead atoms. The third kappa shape index (κ3) is 12.4. The van der Waals surface area contributed by atoms with Gasteiger partial charge in [-0.1, -0.05) is 113 Å². The van der Waals surface area contributed by atoms with Gasteiger partial charge in [0, 0.05) is 9.52 Å². The minimum atomic E-state index is -0.556. The van der Waals surface area contributed by atoms with Crippen molar-refractivity contribution >= 4 is 28.1 Å². The molecule has 0 unspecified atom stereocenters. The molecule has 0 aliphatic rings. The molecule has 4 aromatic carbocycles. The van der Waals surface area contributed by atoms with Crippen LogP contribution in [0.5, 0.6) is 0 Å². The molecular formula is C30H37Cl2SiTi-2. The average Bonchev–Trinajstić information content (AvgIpc) is 3.53. The first-order chi connectivity index (χ1) is 16.6. The van der Waals surface area contributed by atoms with E-state index in [4.69, 9.17) is 18.6 Å². The van der Waals surface area contributed by atoms with Gasteiger partial charge in [0.25, 0.3) is 0 Å². The summed E-state index contributed by atoms with van der Waals surface area (Å²) < 4.78 is 0. The number of benzene rings is 2. The van der Waals surface area contributed by atoms with E-state index < -0.39 is 17.0 Å². The third-order valence-electron chi connectivity index (χ3n) is 4.93. The number of hydrogen-bond acceptors (Lipinski definition) is 0. The molecule has 34 heavy (non-hydrogen) atoms. The Labute approximate surface area is 227 Å². The van der Waals surface area contributed by atoms with Crippen LogP contribution in [0.3, 0.4) is 0 Å². The van der Waals surface area contributed by atoms with Crippen molar-refractivity contribution in [2.45, 2.75) is 52.6 Å². The van der Waals surface area contributed by atoms with E-state index in [0.29, 0.717) is 0 Å². The van der Waals surface area contributed by atoms with Gasteiger partial charge in [0.2, 0.25) is 0 Å². The van der Waals surface area contributed by atoms with Crippen LogP contribution < -0.4 is 0 Å². The van der Waals surface area contributed by atoms with Crippen LogP contribution in [0.1, 0.15) is 37.8 Å². The zero-order valence-electron chi connectivity index (χ0n) is 20.9. The molecule has 0 amide bonds. The zero-order valence-corrected chi connectivity index (χ0v) is 25.1. The quantitative estimate of drug-likeness (QED) is 0.167. The van der Waals surface area contributed by atoms with E-state index in [1.165, 1.54) is 59.1 Å². The second-order valence-corrected chi connectivity index (χ2v) is 11.6. The molecule has 0 saturated heterocycles. The summed E-state index contributed by atoms with van der Waals surface area (Å²) in [7, 11) is 10.5. The molecular weight excluding hydrogens is 507 g/mol. The Kier molecular flexibility index (Phi) is 18.0. The molecule has 0 fully saturated rings. The van der Waals surface area contributed by atoms with Crippen molar-refractivity contribution < 1.29 is 17.0 Å². The van der Waals surface area contributed by atoms with Crippen molar-refractivity contribution in [2.24, 2.45) is 0 Å². The number of hydrogen-bond donors (Lipinski definition) is 0. The number of aryl methyl sites for hydroxylation is 2. The molecule has 0 heterocycles. The summed E-state index contributed by atoms with van der Waals surface area (Å²) in [6.07, 6.45) is 4.82. The van der Waals surface area contributed by atoms with Crippen molar-refractivity contribution in [1.82, 2.24) is 0 Å². The van der Waals surface area contributed by atoms with Gasteiger partial charge in [-0.2, -0.15) is 35.4 Å². The SMILES string of the molecule is CCCc1c[cH-]c(-c2ccccc2)c1.CCCc1c[cH-]c(-c2ccccc2)c1.C[SiH]C.[Cl][Ti][Cl]. The summed E-state index contributed by atoms with van der Waals surface area (Å²) in [5.41, 5.74) is 8.21.